The van der Waals surface area contributed by atoms with Crippen molar-refractivity contribution in [1.82, 2.24) is 4.90 Å². The maximum atomic E-state index is 12.3. The molecule has 0 saturated carbocycles. The van der Waals surface area contributed by atoms with Gasteiger partial charge in [-0.2, -0.15) is 0 Å². The van der Waals surface area contributed by atoms with Gasteiger partial charge >= 0.3 is 5.97 Å². The molecule has 1 N–H and O–H groups in total. The van der Waals surface area contributed by atoms with Crippen molar-refractivity contribution >= 4 is 35.9 Å². The lowest BCUT2D eigenvalue weighted by molar-refractivity contribution is -0.142. The molecule has 0 radical (unpaired) electrons. The van der Waals surface area contributed by atoms with E-state index in [1.807, 2.05) is 6.92 Å². The Bertz CT molecular complexity index is 564. The third-order valence-electron chi connectivity index (χ3n) is 3.64. The number of carboxylic acid groups (broad SMARTS) is 1. The molecule has 7 heteroatoms. The van der Waals surface area contributed by atoms with Gasteiger partial charge in [-0.25, -0.2) is 0 Å². The zero-order valence-electron chi connectivity index (χ0n) is 12.4. The van der Waals surface area contributed by atoms with Crippen LogP contribution in [0.1, 0.15) is 18.9 Å². The molecule has 1 aromatic rings. The van der Waals surface area contributed by atoms with Crippen LogP contribution in [0.15, 0.2) is 18.2 Å². The summed E-state index contributed by atoms with van der Waals surface area (Å²) in [6, 6.07) is 5.20. The van der Waals surface area contributed by atoms with Gasteiger partial charge < -0.3 is 14.7 Å². The highest BCUT2D eigenvalue weighted by Gasteiger charge is 2.33. The molecule has 0 bridgehead atoms. The second kappa shape index (κ2) is 7.70. The van der Waals surface area contributed by atoms with Crippen LogP contribution in [0.2, 0.25) is 5.02 Å². The number of likely N-dealkylation sites (tertiary alicyclic amines) is 1. The topological polar surface area (TPSA) is 66.8 Å². The average Bonchev–Trinajstić information content (AvgIpc) is 2.90. The monoisotopic (exact) mass is 347 g/mol. The molecule has 22 heavy (non-hydrogen) atoms. The van der Waals surface area contributed by atoms with Gasteiger partial charge in [0.05, 0.1) is 5.92 Å². The van der Waals surface area contributed by atoms with Gasteiger partial charge in [-0.1, -0.05) is 11.6 Å². The predicted octanol–water partition coefficient (Wildman–Crippen LogP) is 2.77. The molecule has 1 aromatic carbocycles. The number of benzene rings is 1. The van der Waals surface area contributed by atoms with Crippen molar-refractivity contribution in [2.45, 2.75) is 26.4 Å². The lowest BCUT2D eigenvalue weighted by Gasteiger charge is -2.22. The number of amides is 1. The first-order chi connectivity index (χ1) is 9.88. The average molecular weight is 348 g/mol. The molecule has 5 nitrogen and oxygen atoms in total. The number of carbonyl (C=O) groups is 2. The summed E-state index contributed by atoms with van der Waals surface area (Å²) in [5.41, 5.74) is 0.854. The molecule has 1 aliphatic rings. The number of carbonyl (C=O) groups excluding carboxylic acids is 1. The van der Waals surface area contributed by atoms with Gasteiger partial charge in [0, 0.05) is 18.1 Å². The van der Waals surface area contributed by atoms with E-state index < -0.39 is 18.0 Å². The molecule has 0 spiro atoms. The van der Waals surface area contributed by atoms with Gasteiger partial charge in [-0.3, -0.25) is 9.59 Å². The summed E-state index contributed by atoms with van der Waals surface area (Å²) in [6.45, 7) is 4.24. The summed E-state index contributed by atoms with van der Waals surface area (Å²) in [5, 5.41) is 9.58. The Morgan fingerprint density at radius 2 is 2.14 bits per heavy atom. The minimum Gasteiger partial charge on any atom is -0.481 e. The number of aryl methyl sites for hydroxylation is 1. The quantitative estimate of drug-likeness (QED) is 0.909. The normalized spacial score (nSPS) is 18.5. The highest BCUT2D eigenvalue weighted by atomic mass is 35.5. The molecule has 1 aliphatic heterocycles. The van der Waals surface area contributed by atoms with Crippen LogP contribution in [0, 0.1) is 12.8 Å². The van der Waals surface area contributed by atoms with Crippen LogP contribution in [-0.4, -0.2) is 41.1 Å². The standard InChI is InChI=1S/C15H18ClNO4.ClH/c1-9-7-12(16)3-4-13(9)21-10(2)14(18)17-6-5-11(8-17)15(19)20;/h3-4,7,10-11H,5-6,8H2,1-2H3,(H,19,20);1H. The maximum absolute atomic E-state index is 12.3. The zero-order chi connectivity index (χ0) is 15.6. The summed E-state index contributed by atoms with van der Waals surface area (Å²) >= 11 is 5.88. The van der Waals surface area contributed by atoms with E-state index >= 15 is 0 Å². The first-order valence-electron chi connectivity index (χ1n) is 6.83. The maximum Gasteiger partial charge on any atom is 0.308 e. The molecule has 122 valence electrons. The minimum atomic E-state index is -0.854. The Labute approximate surface area is 140 Å². The van der Waals surface area contributed by atoms with E-state index in [0.29, 0.717) is 23.7 Å². The molecule has 0 aromatic heterocycles. The van der Waals surface area contributed by atoms with E-state index in [9.17, 15) is 9.59 Å². The third kappa shape index (κ3) is 4.27. The summed E-state index contributed by atoms with van der Waals surface area (Å²) in [5.74, 6) is -0.909. The van der Waals surface area contributed by atoms with Gasteiger partial charge in [0.2, 0.25) is 0 Å². The van der Waals surface area contributed by atoms with E-state index in [1.165, 1.54) is 0 Å². The van der Waals surface area contributed by atoms with Crippen LogP contribution < -0.4 is 4.74 Å². The zero-order valence-corrected chi connectivity index (χ0v) is 14.0. The van der Waals surface area contributed by atoms with Crippen LogP contribution in [0.25, 0.3) is 0 Å². The van der Waals surface area contributed by atoms with Crippen molar-refractivity contribution in [1.29, 1.82) is 0 Å². The Balaban J connectivity index is 0.00000242. The summed E-state index contributed by atoms with van der Waals surface area (Å²) < 4.78 is 5.67. The van der Waals surface area contributed by atoms with Crippen molar-refractivity contribution < 1.29 is 19.4 Å². The molecule has 1 saturated heterocycles. The number of halogens is 2. The largest absolute Gasteiger partial charge is 0.481 e. The summed E-state index contributed by atoms with van der Waals surface area (Å²) in [6.07, 6.45) is -0.161. The van der Waals surface area contributed by atoms with Crippen LogP contribution >= 0.6 is 24.0 Å². The molecule has 2 atom stereocenters. The first kappa shape index (κ1) is 18.6. The van der Waals surface area contributed by atoms with Gasteiger partial charge in [0.15, 0.2) is 6.10 Å². The predicted molar refractivity (Wildman–Crippen MR) is 85.8 cm³/mol. The van der Waals surface area contributed by atoms with Crippen molar-refractivity contribution in [2.75, 3.05) is 13.1 Å². The van der Waals surface area contributed by atoms with E-state index in [4.69, 9.17) is 21.4 Å². The number of aliphatic carboxylic acids is 1. The van der Waals surface area contributed by atoms with Gasteiger partial charge in [0.25, 0.3) is 5.91 Å². The fourth-order valence-corrected chi connectivity index (χ4v) is 2.63. The molecule has 1 heterocycles. The van der Waals surface area contributed by atoms with E-state index in [-0.39, 0.29) is 24.9 Å². The molecular weight excluding hydrogens is 329 g/mol. The van der Waals surface area contributed by atoms with E-state index in [1.54, 1.807) is 30.0 Å². The second-order valence-corrected chi connectivity index (χ2v) is 5.71. The number of carboxylic acids is 1. The smallest absolute Gasteiger partial charge is 0.308 e. The number of rotatable bonds is 4. The Hall–Kier alpha value is -1.46. The fraction of sp³-hybridized carbons (Fsp3) is 0.467. The molecule has 1 amide bonds. The van der Waals surface area contributed by atoms with Crippen molar-refractivity contribution in [3.05, 3.63) is 28.8 Å². The number of ether oxygens (including phenoxy) is 1. The van der Waals surface area contributed by atoms with Crippen LogP contribution in [0.5, 0.6) is 5.75 Å². The lowest BCUT2D eigenvalue weighted by Crippen LogP contribution is -2.39. The minimum absolute atomic E-state index is 0. The SMILES string of the molecule is Cc1cc(Cl)ccc1OC(C)C(=O)N1CCC(C(=O)O)C1.Cl. The van der Waals surface area contributed by atoms with Crippen LogP contribution in [-0.2, 0) is 9.59 Å². The van der Waals surface area contributed by atoms with E-state index in [2.05, 4.69) is 0 Å². The lowest BCUT2D eigenvalue weighted by atomic mass is 10.1. The molecule has 0 aliphatic carbocycles. The van der Waals surface area contributed by atoms with Crippen molar-refractivity contribution in [3.63, 3.8) is 0 Å². The van der Waals surface area contributed by atoms with Crippen LogP contribution in [0.3, 0.4) is 0 Å². The van der Waals surface area contributed by atoms with Crippen LogP contribution in [0.4, 0.5) is 0 Å². The van der Waals surface area contributed by atoms with Gasteiger partial charge in [-0.15, -0.1) is 12.4 Å². The highest BCUT2D eigenvalue weighted by Crippen LogP contribution is 2.24. The Morgan fingerprint density at radius 3 is 2.68 bits per heavy atom. The number of hydrogen-bond acceptors (Lipinski definition) is 3. The molecule has 2 unspecified atom stereocenters. The van der Waals surface area contributed by atoms with Crippen molar-refractivity contribution in [2.24, 2.45) is 5.92 Å². The summed E-state index contributed by atoms with van der Waals surface area (Å²) in [7, 11) is 0. The number of hydrogen-bond donors (Lipinski definition) is 1. The second-order valence-electron chi connectivity index (χ2n) is 5.28. The molecule has 1 fully saturated rings. The first-order valence-corrected chi connectivity index (χ1v) is 7.20. The van der Waals surface area contributed by atoms with Gasteiger partial charge in [-0.05, 0) is 44.0 Å². The van der Waals surface area contributed by atoms with Gasteiger partial charge in [0.1, 0.15) is 5.75 Å². The van der Waals surface area contributed by atoms with Crippen molar-refractivity contribution in [3.8, 4) is 5.75 Å². The highest BCUT2D eigenvalue weighted by molar-refractivity contribution is 6.30. The number of nitrogens with zero attached hydrogens (tertiary/aromatic N) is 1. The molecule has 2 rings (SSSR count). The molecular formula is C15H19Cl2NO4. The Kier molecular flexibility index (Phi) is 6.50. The summed E-state index contributed by atoms with van der Waals surface area (Å²) in [4.78, 5) is 24.8. The Morgan fingerprint density at radius 1 is 1.45 bits per heavy atom. The fourth-order valence-electron chi connectivity index (χ4n) is 2.41. The third-order valence-corrected chi connectivity index (χ3v) is 3.87. The van der Waals surface area contributed by atoms with E-state index in [0.717, 1.165) is 5.56 Å².